The minimum Gasteiger partial charge on any atom is -0.464 e. The molecule has 2 rings (SSSR count). The number of hydrogen-bond acceptors (Lipinski definition) is 7. The van der Waals surface area contributed by atoms with E-state index in [1.165, 1.54) is 5.56 Å². The van der Waals surface area contributed by atoms with E-state index in [1.807, 2.05) is 25.1 Å². The van der Waals surface area contributed by atoms with Gasteiger partial charge in [0, 0.05) is 6.04 Å². The molecule has 1 aromatic heterocycles. The fraction of sp³-hybridized carbons (Fsp3) is 0.357. The van der Waals surface area contributed by atoms with Crippen LogP contribution in [0.15, 0.2) is 30.3 Å². The maximum Gasteiger partial charge on any atom is 0.323 e. The van der Waals surface area contributed by atoms with Crippen molar-refractivity contribution >= 4 is 11.9 Å². The number of hydrogen-bond donors (Lipinski definition) is 3. The second-order valence-corrected chi connectivity index (χ2v) is 4.58. The molecular formula is C14H20N6O. The van der Waals surface area contributed by atoms with E-state index in [1.54, 1.807) is 0 Å². The predicted molar refractivity (Wildman–Crippen MR) is 82.0 cm³/mol. The van der Waals surface area contributed by atoms with Gasteiger partial charge in [-0.3, -0.25) is 5.43 Å². The number of aromatic nitrogens is 3. The molecule has 112 valence electrons. The molecule has 1 atom stereocenters. The molecule has 1 unspecified atom stereocenters. The molecule has 0 saturated carbocycles. The highest BCUT2D eigenvalue weighted by molar-refractivity contribution is 5.36. The molecule has 1 heterocycles. The van der Waals surface area contributed by atoms with Crippen molar-refractivity contribution in [1.82, 2.24) is 15.0 Å². The lowest BCUT2D eigenvalue weighted by Gasteiger charge is -2.14. The number of hydrazine groups is 1. The average molecular weight is 288 g/mol. The molecule has 0 saturated heterocycles. The zero-order chi connectivity index (χ0) is 15.1. The van der Waals surface area contributed by atoms with Crippen LogP contribution >= 0.6 is 0 Å². The molecular weight excluding hydrogens is 268 g/mol. The maximum absolute atomic E-state index is 5.35. The van der Waals surface area contributed by atoms with Crippen molar-refractivity contribution in [3.63, 3.8) is 0 Å². The quantitative estimate of drug-likeness (QED) is 0.526. The summed E-state index contributed by atoms with van der Waals surface area (Å²) in [6, 6.07) is 10.6. The number of benzene rings is 1. The highest BCUT2D eigenvalue weighted by Crippen LogP contribution is 2.12. The molecule has 2 aromatic rings. The van der Waals surface area contributed by atoms with E-state index in [-0.39, 0.29) is 18.0 Å². The first-order chi connectivity index (χ1) is 10.2. The minimum absolute atomic E-state index is 0.162. The van der Waals surface area contributed by atoms with E-state index in [0.29, 0.717) is 12.6 Å². The summed E-state index contributed by atoms with van der Waals surface area (Å²) in [4.78, 5) is 12.4. The van der Waals surface area contributed by atoms with Gasteiger partial charge in [-0.2, -0.15) is 15.0 Å². The average Bonchev–Trinajstić information content (AvgIpc) is 2.48. The smallest absolute Gasteiger partial charge is 0.323 e. The first-order valence-corrected chi connectivity index (χ1v) is 6.87. The molecule has 0 fully saturated rings. The van der Waals surface area contributed by atoms with Crippen LogP contribution in [0.2, 0.25) is 0 Å². The Kier molecular flexibility index (Phi) is 5.28. The van der Waals surface area contributed by atoms with Gasteiger partial charge in [0.2, 0.25) is 11.9 Å². The summed E-state index contributed by atoms with van der Waals surface area (Å²) in [6.07, 6.45) is 0.863. The summed E-state index contributed by atoms with van der Waals surface area (Å²) >= 11 is 0. The van der Waals surface area contributed by atoms with Gasteiger partial charge in [0.25, 0.3) is 0 Å². The van der Waals surface area contributed by atoms with Crippen molar-refractivity contribution in [1.29, 1.82) is 0 Å². The normalized spacial score (nSPS) is 11.8. The highest BCUT2D eigenvalue weighted by atomic mass is 16.5. The summed E-state index contributed by atoms with van der Waals surface area (Å²) in [5, 5.41) is 3.23. The number of anilines is 2. The molecule has 0 amide bonds. The summed E-state index contributed by atoms with van der Waals surface area (Å²) in [7, 11) is 0. The Labute approximate surface area is 123 Å². The van der Waals surface area contributed by atoms with Gasteiger partial charge in [-0.25, -0.2) is 5.84 Å². The highest BCUT2D eigenvalue weighted by Gasteiger charge is 2.10. The molecule has 0 bridgehead atoms. The second-order valence-electron chi connectivity index (χ2n) is 4.58. The van der Waals surface area contributed by atoms with E-state index in [0.717, 1.165) is 6.42 Å². The summed E-state index contributed by atoms with van der Waals surface area (Å²) in [5.41, 5.74) is 3.65. The molecule has 0 radical (unpaired) electrons. The molecule has 0 spiro atoms. The van der Waals surface area contributed by atoms with Crippen molar-refractivity contribution in [2.45, 2.75) is 26.3 Å². The van der Waals surface area contributed by atoms with Gasteiger partial charge in [-0.05, 0) is 25.8 Å². The van der Waals surface area contributed by atoms with Gasteiger partial charge in [-0.15, -0.1) is 0 Å². The topological polar surface area (TPSA) is 98.0 Å². The van der Waals surface area contributed by atoms with Crippen LogP contribution in [-0.4, -0.2) is 27.6 Å². The summed E-state index contributed by atoms with van der Waals surface area (Å²) in [6.45, 7) is 4.41. The van der Waals surface area contributed by atoms with Crippen LogP contribution in [0.25, 0.3) is 0 Å². The summed E-state index contributed by atoms with van der Waals surface area (Å²) in [5.74, 6) is 6.05. The Morgan fingerprint density at radius 3 is 2.52 bits per heavy atom. The molecule has 7 heteroatoms. The van der Waals surface area contributed by atoms with Crippen LogP contribution in [0.5, 0.6) is 6.01 Å². The van der Waals surface area contributed by atoms with Crippen molar-refractivity contribution in [2.24, 2.45) is 5.84 Å². The Hall–Kier alpha value is -2.41. The fourth-order valence-electron chi connectivity index (χ4n) is 1.92. The third kappa shape index (κ3) is 4.57. The van der Waals surface area contributed by atoms with Crippen LogP contribution in [0.4, 0.5) is 11.9 Å². The molecule has 0 aliphatic rings. The van der Waals surface area contributed by atoms with Gasteiger partial charge < -0.3 is 10.1 Å². The van der Waals surface area contributed by atoms with E-state index < -0.39 is 0 Å². The number of rotatable bonds is 7. The lowest BCUT2D eigenvalue weighted by atomic mass is 10.1. The number of nitrogen functional groups attached to an aromatic ring is 1. The summed E-state index contributed by atoms with van der Waals surface area (Å²) < 4.78 is 5.29. The molecule has 7 nitrogen and oxygen atoms in total. The Morgan fingerprint density at radius 2 is 1.86 bits per heavy atom. The van der Waals surface area contributed by atoms with Crippen molar-refractivity contribution < 1.29 is 4.74 Å². The monoisotopic (exact) mass is 288 g/mol. The Morgan fingerprint density at radius 1 is 1.14 bits per heavy atom. The second kappa shape index (κ2) is 7.39. The van der Waals surface area contributed by atoms with Crippen LogP contribution in [0.3, 0.4) is 0 Å². The lowest BCUT2D eigenvalue weighted by Crippen LogP contribution is -2.21. The zero-order valence-corrected chi connectivity index (χ0v) is 12.2. The Bertz CT molecular complexity index is 563. The van der Waals surface area contributed by atoms with Gasteiger partial charge in [-0.1, -0.05) is 30.3 Å². The maximum atomic E-state index is 5.35. The van der Waals surface area contributed by atoms with E-state index in [4.69, 9.17) is 10.6 Å². The molecule has 4 N–H and O–H groups in total. The van der Waals surface area contributed by atoms with Crippen molar-refractivity contribution in [3.05, 3.63) is 35.9 Å². The molecule has 0 aliphatic carbocycles. The first-order valence-electron chi connectivity index (χ1n) is 6.87. The first kappa shape index (κ1) is 15.0. The number of ether oxygens (including phenoxy) is 1. The minimum atomic E-state index is 0.162. The van der Waals surface area contributed by atoms with E-state index in [9.17, 15) is 0 Å². The fourth-order valence-corrected chi connectivity index (χ4v) is 1.92. The van der Waals surface area contributed by atoms with Gasteiger partial charge in [0.15, 0.2) is 0 Å². The van der Waals surface area contributed by atoms with Crippen LogP contribution in [0, 0.1) is 0 Å². The van der Waals surface area contributed by atoms with E-state index >= 15 is 0 Å². The number of nitrogens with two attached hydrogens (primary N) is 1. The molecule has 21 heavy (non-hydrogen) atoms. The lowest BCUT2D eigenvalue weighted by molar-refractivity contribution is 0.312. The van der Waals surface area contributed by atoms with E-state index in [2.05, 4.69) is 44.8 Å². The van der Waals surface area contributed by atoms with Crippen molar-refractivity contribution in [3.8, 4) is 6.01 Å². The third-order valence-electron chi connectivity index (χ3n) is 2.78. The molecule has 0 aliphatic heterocycles. The van der Waals surface area contributed by atoms with Crippen molar-refractivity contribution in [2.75, 3.05) is 17.3 Å². The number of nitrogens with zero attached hydrogens (tertiary/aromatic N) is 3. The molecule has 1 aromatic carbocycles. The van der Waals surface area contributed by atoms with Gasteiger partial charge >= 0.3 is 6.01 Å². The predicted octanol–water partition coefficient (Wildman–Crippen LogP) is 1.60. The van der Waals surface area contributed by atoms with Gasteiger partial charge in [0.1, 0.15) is 0 Å². The third-order valence-corrected chi connectivity index (χ3v) is 2.78. The largest absolute Gasteiger partial charge is 0.464 e. The van der Waals surface area contributed by atoms with Crippen LogP contribution < -0.4 is 21.3 Å². The van der Waals surface area contributed by atoms with Crippen LogP contribution in [-0.2, 0) is 6.42 Å². The van der Waals surface area contributed by atoms with Crippen LogP contribution in [0.1, 0.15) is 19.4 Å². The Balaban J connectivity index is 2.05. The van der Waals surface area contributed by atoms with Gasteiger partial charge in [0.05, 0.1) is 6.61 Å². The standard InChI is InChI=1S/C14H20N6O/c1-3-21-14-18-12(17-13(19-14)20-15)16-10(2)9-11-7-5-4-6-8-11/h4-8,10H,3,9,15H2,1-2H3,(H2,16,17,18,19,20). The number of nitrogens with one attached hydrogen (secondary N) is 2. The zero-order valence-electron chi connectivity index (χ0n) is 12.2. The SMILES string of the molecule is CCOc1nc(NN)nc(NC(C)Cc2ccccc2)n1.